The van der Waals surface area contributed by atoms with Crippen molar-refractivity contribution in [2.24, 2.45) is 0 Å². The maximum Gasteiger partial charge on any atom is 0.315 e. The molecule has 162 valence electrons. The molecule has 2 aliphatic carbocycles. The fourth-order valence-electron chi connectivity index (χ4n) is 4.43. The van der Waals surface area contributed by atoms with Gasteiger partial charge in [-0.25, -0.2) is 0 Å². The summed E-state index contributed by atoms with van der Waals surface area (Å²) in [6, 6.07) is 3.46. The van der Waals surface area contributed by atoms with Gasteiger partial charge in [0.05, 0.1) is 35.4 Å². The molecule has 1 fully saturated rings. The van der Waals surface area contributed by atoms with Gasteiger partial charge in [-0.1, -0.05) is 43.0 Å². The Hall–Kier alpha value is -2.93. The Kier molecular flexibility index (Phi) is 5.96. The van der Waals surface area contributed by atoms with Crippen LogP contribution in [0.3, 0.4) is 0 Å². The van der Waals surface area contributed by atoms with Gasteiger partial charge in [-0.15, -0.1) is 0 Å². The van der Waals surface area contributed by atoms with E-state index >= 15 is 0 Å². The lowest BCUT2D eigenvalue weighted by atomic mass is 9.71. The predicted octanol–water partition coefficient (Wildman–Crippen LogP) is 4.75. The summed E-state index contributed by atoms with van der Waals surface area (Å²) in [5.41, 5.74) is 1.38. The molecule has 2 heterocycles. The lowest BCUT2D eigenvalue weighted by Crippen LogP contribution is -2.38. The number of carboxylic acids is 1. The number of rotatable bonds is 5. The van der Waals surface area contributed by atoms with Gasteiger partial charge in [-0.3, -0.25) is 19.3 Å². The molecule has 31 heavy (non-hydrogen) atoms. The van der Waals surface area contributed by atoms with E-state index in [0.717, 1.165) is 31.4 Å². The Balaban J connectivity index is 1.48. The van der Waals surface area contributed by atoms with Crippen LogP contribution in [0.4, 0.5) is 5.69 Å². The number of carboxylic acid groups (broad SMARTS) is 1. The Labute approximate surface area is 185 Å². The van der Waals surface area contributed by atoms with Gasteiger partial charge in [-0.05, 0) is 44.4 Å². The zero-order chi connectivity index (χ0) is 22.0. The summed E-state index contributed by atoms with van der Waals surface area (Å²) in [6.45, 7) is 1.86. The number of aromatic nitrogens is 3. The molecule has 7 nitrogen and oxygen atoms in total. The van der Waals surface area contributed by atoms with Crippen LogP contribution in [0.5, 0.6) is 0 Å². The molecule has 0 spiro atoms. The van der Waals surface area contributed by atoms with E-state index in [0.29, 0.717) is 34.8 Å². The monoisotopic (exact) mass is 440 g/mol. The minimum Gasteiger partial charge on any atom is -0.481 e. The number of amides is 1. The van der Waals surface area contributed by atoms with Crippen molar-refractivity contribution in [1.82, 2.24) is 14.8 Å². The highest BCUT2D eigenvalue weighted by Crippen LogP contribution is 2.39. The second-order valence-electron chi connectivity index (χ2n) is 8.17. The Morgan fingerprint density at radius 2 is 2.00 bits per heavy atom. The molecule has 0 saturated heterocycles. The normalized spacial score (nSPS) is 20.2. The Morgan fingerprint density at radius 3 is 2.61 bits per heavy atom. The van der Waals surface area contributed by atoms with E-state index in [1.54, 1.807) is 18.3 Å². The molecule has 0 aromatic carbocycles. The zero-order valence-corrected chi connectivity index (χ0v) is 18.1. The van der Waals surface area contributed by atoms with E-state index in [2.05, 4.69) is 15.4 Å². The minimum atomic E-state index is -0.927. The SMILES string of the molecule is Cc1c(C(=O)Nc2ccc(C3(C(=O)O)CCCCC3)nc2)cnn1C1C=CC(Cl)=CC1. The largest absolute Gasteiger partial charge is 0.481 e. The molecule has 0 radical (unpaired) electrons. The van der Waals surface area contributed by atoms with Crippen molar-refractivity contribution < 1.29 is 14.7 Å². The van der Waals surface area contributed by atoms with Gasteiger partial charge in [-0.2, -0.15) is 5.10 Å². The van der Waals surface area contributed by atoms with Crippen LogP contribution in [0.2, 0.25) is 0 Å². The predicted molar refractivity (Wildman–Crippen MR) is 118 cm³/mol. The Morgan fingerprint density at radius 1 is 1.23 bits per heavy atom. The van der Waals surface area contributed by atoms with Crippen molar-refractivity contribution in [3.63, 3.8) is 0 Å². The van der Waals surface area contributed by atoms with Crippen LogP contribution in [0.15, 0.2) is 47.8 Å². The third kappa shape index (κ3) is 4.14. The molecule has 1 saturated carbocycles. The average Bonchev–Trinajstić information content (AvgIpc) is 3.16. The highest BCUT2D eigenvalue weighted by Gasteiger charge is 2.42. The van der Waals surface area contributed by atoms with Gasteiger partial charge >= 0.3 is 5.97 Å². The van der Waals surface area contributed by atoms with Crippen LogP contribution in [-0.4, -0.2) is 31.7 Å². The number of allylic oxidation sites excluding steroid dienone is 4. The van der Waals surface area contributed by atoms with Crippen LogP contribution in [0.25, 0.3) is 0 Å². The number of pyridine rings is 1. The van der Waals surface area contributed by atoms with E-state index in [-0.39, 0.29) is 11.9 Å². The van der Waals surface area contributed by atoms with Crippen molar-refractivity contribution >= 4 is 29.2 Å². The molecule has 2 aromatic heterocycles. The quantitative estimate of drug-likeness (QED) is 0.699. The van der Waals surface area contributed by atoms with Gasteiger partial charge in [0.2, 0.25) is 0 Å². The van der Waals surface area contributed by atoms with E-state index in [9.17, 15) is 14.7 Å². The molecule has 2 N–H and O–H groups in total. The molecule has 1 unspecified atom stereocenters. The highest BCUT2D eigenvalue weighted by molar-refractivity contribution is 6.31. The standard InChI is InChI=1S/C23H25ClN4O3/c1-15-19(14-26-28(15)18-8-5-16(24)6-9-18)21(29)27-17-7-10-20(25-13-17)23(22(30)31)11-3-2-4-12-23/h5-8,10,13-14,18H,2-4,9,11-12H2,1H3,(H,27,29)(H,30,31). The number of hydrogen-bond donors (Lipinski definition) is 2. The topological polar surface area (TPSA) is 97.1 Å². The Bertz CT molecular complexity index is 1050. The molecule has 1 amide bonds. The summed E-state index contributed by atoms with van der Waals surface area (Å²) in [4.78, 5) is 29.2. The third-order valence-electron chi connectivity index (χ3n) is 6.26. The second-order valence-corrected chi connectivity index (χ2v) is 8.61. The summed E-state index contributed by atoms with van der Waals surface area (Å²) in [7, 11) is 0. The number of halogens is 1. The number of carbonyl (C=O) groups excluding carboxylic acids is 1. The van der Waals surface area contributed by atoms with Crippen molar-refractivity contribution in [3.05, 3.63) is 64.7 Å². The summed E-state index contributed by atoms with van der Waals surface area (Å²) in [6.07, 6.45) is 13.5. The van der Waals surface area contributed by atoms with Gasteiger partial charge in [0.15, 0.2) is 0 Å². The van der Waals surface area contributed by atoms with Crippen molar-refractivity contribution in [2.45, 2.75) is 56.9 Å². The molecule has 2 aliphatic rings. The van der Waals surface area contributed by atoms with Crippen molar-refractivity contribution in [2.75, 3.05) is 5.32 Å². The smallest absolute Gasteiger partial charge is 0.315 e. The third-order valence-corrected chi connectivity index (χ3v) is 6.54. The minimum absolute atomic E-state index is 0.0210. The van der Waals surface area contributed by atoms with Crippen LogP contribution >= 0.6 is 11.6 Å². The first-order valence-corrected chi connectivity index (χ1v) is 10.9. The molecule has 0 aliphatic heterocycles. The fourth-order valence-corrected chi connectivity index (χ4v) is 4.59. The van der Waals surface area contributed by atoms with Crippen LogP contribution in [0.1, 0.15) is 66.3 Å². The number of carbonyl (C=O) groups is 2. The molecule has 8 heteroatoms. The van der Waals surface area contributed by atoms with Gasteiger partial charge < -0.3 is 10.4 Å². The second kappa shape index (κ2) is 8.67. The highest BCUT2D eigenvalue weighted by atomic mass is 35.5. The van der Waals surface area contributed by atoms with Gasteiger partial charge in [0.25, 0.3) is 5.91 Å². The maximum atomic E-state index is 12.8. The molecule has 4 rings (SSSR count). The zero-order valence-electron chi connectivity index (χ0n) is 17.3. The first kappa shape index (κ1) is 21.3. The molecule has 0 bridgehead atoms. The van der Waals surface area contributed by atoms with Gasteiger partial charge in [0.1, 0.15) is 5.41 Å². The number of nitrogens with one attached hydrogen (secondary N) is 1. The van der Waals surface area contributed by atoms with Crippen LogP contribution in [-0.2, 0) is 10.2 Å². The number of anilines is 1. The lowest BCUT2D eigenvalue weighted by Gasteiger charge is -2.32. The summed E-state index contributed by atoms with van der Waals surface area (Å²) < 4.78 is 1.81. The molecular formula is C23H25ClN4O3. The molecule has 2 aromatic rings. The summed E-state index contributed by atoms with van der Waals surface area (Å²) >= 11 is 5.98. The maximum absolute atomic E-state index is 12.8. The van der Waals surface area contributed by atoms with Gasteiger partial charge in [0, 0.05) is 10.7 Å². The van der Waals surface area contributed by atoms with Crippen molar-refractivity contribution in [3.8, 4) is 0 Å². The van der Waals surface area contributed by atoms with Crippen LogP contribution < -0.4 is 5.32 Å². The van der Waals surface area contributed by atoms with E-state index in [1.165, 1.54) is 6.20 Å². The first-order chi connectivity index (χ1) is 14.9. The number of aliphatic carboxylic acids is 1. The lowest BCUT2D eigenvalue weighted by molar-refractivity contribution is -0.145. The van der Waals surface area contributed by atoms with E-state index in [1.807, 2.05) is 29.8 Å². The fraction of sp³-hybridized carbons (Fsp3) is 0.391. The average molecular weight is 441 g/mol. The summed E-state index contributed by atoms with van der Waals surface area (Å²) in [5.74, 6) is -1.11. The molecule has 1 atom stereocenters. The van der Waals surface area contributed by atoms with E-state index in [4.69, 9.17) is 11.6 Å². The molecular weight excluding hydrogens is 416 g/mol. The summed E-state index contributed by atoms with van der Waals surface area (Å²) in [5, 5.41) is 17.8. The van der Waals surface area contributed by atoms with Crippen LogP contribution in [0, 0.1) is 6.92 Å². The first-order valence-electron chi connectivity index (χ1n) is 10.5. The number of nitrogens with zero attached hydrogens (tertiary/aromatic N) is 3. The number of hydrogen-bond acceptors (Lipinski definition) is 4. The van der Waals surface area contributed by atoms with E-state index < -0.39 is 11.4 Å². The van der Waals surface area contributed by atoms with Crippen molar-refractivity contribution in [1.29, 1.82) is 0 Å².